The van der Waals surface area contributed by atoms with Gasteiger partial charge in [0.1, 0.15) is 18.2 Å². The number of nitrogens with one attached hydrogen (secondary N) is 2. The quantitative estimate of drug-likeness (QED) is 0.415. The van der Waals surface area contributed by atoms with Crippen LogP contribution in [0.5, 0.6) is 0 Å². The number of ether oxygens (including phenoxy) is 1. The molecule has 0 aliphatic rings. The Hall–Kier alpha value is -2.84. The molecule has 1 aromatic rings. The summed E-state index contributed by atoms with van der Waals surface area (Å²) in [7, 11) is 0. The molecule has 2 N–H and O–H groups in total. The minimum atomic E-state index is -0.938. The number of alkyl carbamates (subject to hydrolysis) is 1. The fourth-order valence-corrected chi connectivity index (χ4v) is 1.93. The van der Waals surface area contributed by atoms with E-state index in [1.165, 1.54) is 0 Å². The average molecular weight is 353 g/mol. The topological polar surface area (TPSA) is 120 Å². The maximum Gasteiger partial charge on any atom is 0.408 e. The molecule has 1 atom stereocenters. The van der Waals surface area contributed by atoms with Crippen LogP contribution >= 0.6 is 0 Å². The van der Waals surface area contributed by atoms with E-state index in [-0.39, 0.29) is 19.6 Å². The molecule has 0 heterocycles. The van der Waals surface area contributed by atoms with E-state index in [9.17, 15) is 19.7 Å². The van der Waals surface area contributed by atoms with Crippen LogP contribution in [0.1, 0.15) is 26.3 Å². The molecule has 0 aliphatic heterocycles. The van der Waals surface area contributed by atoms with Crippen molar-refractivity contribution in [2.45, 2.75) is 38.8 Å². The lowest BCUT2D eigenvalue weighted by atomic mass is 10.1. The first-order valence-electron chi connectivity index (χ1n) is 7.76. The number of amides is 2. The molecule has 2 amide bonds. The lowest BCUT2D eigenvalue weighted by molar-refractivity contribution is -0.757. The molecular formula is C16H23N3O6. The number of benzene rings is 1. The standard InChI is InChI=1S/C16H23N3O6/c1-16(2,3)25-15(21)18-13(11-12-7-5-4-6-8-12)14(20)17-9-10-24-19(22)23/h4-8,13H,9-11H2,1-3H3,(H,17,20)(H,18,21)/t13-/m0/s1. The molecule has 0 spiro atoms. The van der Waals surface area contributed by atoms with Crippen molar-refractivity contribution in [3.8, 4) is 0 Å². The Bertz CT molecular complexity index is 585. The number of rotatable bonds is 8. The van der Waals surface area contributed by atoms with Crippen LogP contribution in [0.2, 0.25) is 0 Å². The molecule has 9 nitrogen and oxygen atoms in total. The molecule has 0 aliphatic carbocycles. The van der Waals surface area contributed by atoms with Gasteiger partial charge < -0.3 is 20.2 Å². The fourth-order valence-electron chi connectivity index (χ4n) is 1.93. The Labute approximate surface area is 145 Å². The van der Waals surface area contributed by atoms with Crippen LogP contribution < -0.4 is 10.6 Å². The Kier molecular flexibility index (Phi) is 7.64. The van der Waals surface area contributed by atoms with Crippen molar-refractivity contribution in [1.29, 1.82) is 0 Å². The summed E-state index contributed by atoms with van der Waals surface area (Å²) in [5.74, 6) is -0.485. The van der Waals surface area contributed by atoms with Crippen molar-refractivity contribution in [1.82, 2.24) is 10.6 Å². The number of hydrogen-bond donors (Lipinski definition) is 2. The Balaban J connectivity index is 2.68. The Morgan fingerprint density at radius 1 is 1.24 bits per heavy atom. The van der Waals surface area contributed by atoms with Crippen molar-refractivity contribution in [3.63, 3.8) is 0 Å². The second-order valence-electron chi connectivity index (χ2n) is 6.24. The van der Waals surface area contributed by atoms with E-state index in [0.717, 1.165) is 5.56 Å². The van der Waals surface area contributed by atoms with E-state index >= 15 is 0 Å². The van der Waals surface area contributed by atoms with E-state index in [1.807, 2.05) is 30.3 Å². The largest absolute Gasteiger partial charge is 0.444 e. The summed E-state index contributed by atoms with van der Waals surface area (Å²) in [6.45, 7) is 4.82. The third kappa shape index (κ3) is 9.14. The van der Waals surface area contributed by atoms with Gasteiger partial charge in [0.2, 0.25) is 5.91 Å². The van der Waals surface area contributed by atoms with Gasteiger partial charge in [-0.2, -0.15) is 0 Å². The van der Waals surface area contributed by atoms with Gasteiger partial charge in [0, 0.05) is 13.0 Å². The summed E-state index contributed by atoms with van der Waals surface area (Å²) < 4.78 is 5.17. The van der Waals surface area contributed by atoms with Gasteiger partial charge in [0.25, 0.3) is 5.09 Å². The molecule has 0 fully saturated rings. The summed E-state index contributed by atoms with van der Waals surface area (Å²) in [5, 5.41) is 14.2. The highest BCUT2D eigenvalue weighted by Crippen LogP contribution is 2.08. The molecule has 1 rings (SSSR count). The monoisotopic (exact) mass is 353 g/mol. The van der Waals surface area contributed by atoms with E-state index in [1.54, 1.807) is 20.8 Å². The molecule has 0 unspecified atom stereocenters. The van der Waals surface area contributed by atoms with Gasteiger partial charge in [0.05, 0.1) is 0 Å². The number of hydrogen-bond acceptors (Lipinski definition) is 6. The second kappa shape index (κ2) is 9.45. The lowest BCUT2D eigenvalue weighted by Crippen LogP contribution is -2.49. The zero-order valence-electron chi connectivity index (χ0n) is 14.5. The fraction of sp³-hybridized carbons (Fsp3) is 0.500. The first kappa shape index (κ1) is 20.2. The molecular weight excluding hydrogens is 330 g/mol. The zero-order valence-corrected chi connectivity index (χ0v) is 14.5. The molecule has 0 radical (unpaired) electrons. The van der Waals surface area contributed by atoms with Gasteiger partial charge in [-0.1, -0.05) is 30.3 Å². The van der Waals surface area contributed by atoms with Crippen molar-refractivity contribution in [2.75, 3.05) is 13.2 Å². The van der Waals surface area contributed by atoms with Gasteiger partial charge in [-0.3, -0.25) is 4.79 Å². The maximum absolute atomic E-state index is 12.3. The summed E-state index contributed by atoms with van der Waals surface area (Å²) in [4.78, 5) is 38.5. The molecule has 0 bridgehead atoms. The van der Waals surface area contributed by atoms with Crippen LogP contribution in [0, 0.1) is 10.1 Å². The zero-order chi connectivity index (χ0) is 18.9. The summed E-state index contributed by atoms with van der Waals surface area (Å²) in [5.41, 5.74) is 0.150. The highest BCUT2D eigenvalue weighted by molar-refractivity contribution is 5.86. The third-order valence-corrected chi connectivity index (χ3v) is 2.89. The van der Waals surface area contributed by atoms with Gasteiger partial charge in [-0.05, 0) is 26.3 Å². The molecule has 9 heteroatoms. The van der Waals surface area contributed by atoms with Crippen LogP contribution in [0.25, 0.3) is 0 Å². The minimum Gasteiger partial charge on any atom is -0.444 e. The van der Waals surface area contributed by atoms with Crippen molar-refractivity contribution < 1.29 is 24.3 Å². The first-order valence-corrected chi connectivity index (χ1v) is 7.76. The molecule has 0 saturated carbocycles. The minimum absolute atomic E-state index is 0.0545. The maximum atomic E-state index is 12.3. The van der Waals surface area contributed by atoms with Crippen molar-refractivity contribution in [3.05, 3.63) is 46.0 Å². The van der Waals surface area contributed by atoms with E-state index < -0.39 is 28.7 Å². The predicted octanol–water partition coefficient (Wildman–Crippen LogP) is 1.45. The van der Waals surface area contributed by atoms with Gasteiger partial charge >= 0.3 is 6.09 Å². The summed E-state index contributed by atoms with van der Waals surface area (Å²) >= 11 is 0. The second-order valence-corrected chi connectivity index (χ2v) is 6.24. The smallest absolute Gasteiger partial charge is 0.408 e. The van der Waals surface area contributed by atoms with Crippen LogP contribution in [-0.2, 0) is 20.8 Å². The number of nitrogens with zero attached hydrogens (tertiary/aromatic N) is 1. The van der Waals surface area contributed by atoms with Crippen molar-refractivity contribution >= 4 is 12.0 Å². The third-order valence-electron chi connectivity index (χ3n) is 2.89. The predicted molar refractivity (Wildman–Crippen MR) is 89.3 cm³/mol. The van der Waals surface area contributed by atoms with Crippen molar-refractivity contribution in [2.24, 2.45) is 0 Å². The molecule has 138 valence electrons. The molecule has 0 saturated heterocycles. The van der Waals surface area contributed by atoms with Crippen LogP contribution in [0.3, 0.4) is 0 Å². The van der Waals surface area contributed by atoms with Gasteiger partial charge in [0.15, 0.2) is 0 Å². The normalized spacial score (nSPS) is 12.0. The highest BCUT2D eigenvalue weighted by Gasteiger charge is 2.24. The molecule has 1 aromatic carbocycles. The van der Waals surface area contributed by atoms with E-state index in [0.29, 0.717) is 0 Å². The molecule has 25 heavy (non-hydrogen) atoms. The summed E-state index contributed by atoms with van der Waals surface area (Å²) in [6, 6.07) is 8.26. The number of carbonyl (C=O) groups is 2. The van der Waals surface area contributed by atoms with Gasteiger partial charge in [-0.25, -0.2) is 4.79 Å². The Morgan fingerprint density at radius 3 is 2.44 bits per heavy atom. The first-order chi connectivity index (χ1) is 11.7. The van der Waals surface area contributed by atoms with E-state index in [4.69, 9.17) is 4.74 Å². The van der Waals surface area contributed by atoms with Crippen LogP contribution in [-0.4, -0.2) is 41.9 Å². The lowest BCUT2D eigenvalue weighted by Gasteiger charge is -2.23. The van der Waals surface area contributed by atoms with Crippen LogP contribution in [0.15, 0.2) is 30.3 Å². The SMILES string of the molecule is CC(C)(C)OC(=O)N[C@@H](Cc1ccccc1)C(=O)NCCO[N+](=O)[O-]. The van der Waals surface area contributed by atoms with Gasteiger partial charge in [-0.15, -0.1) is 10.1 Å². The highest BCUT2D eigenvalue weighted by atomic mass is 16.9. The Morgan fingerprint density at radius 2 is 1.88 bits per heavy atom. The molecule has 0 aromatic heterocycles. The summed E-state index contributed by atoms with van der Waals surface area (Å²) in [6.07, 6.45) is -0.465. The number of carbonyl (C=O) groups excluding carboxylic acids is 2. The van der Waals surface area contributed by atoms with Crippen LogP contribution in [0.4, 0.5) is 4.79 Å². The average Bonchev–Trinajstić information content (AvgIpc) is 2.49. The van der Waals surface area contributed by atoms with E-state index in [2.05, 4.69) is 15.5 Å².